The normalized spacial score (nSPS) is 27.7. The van der Waals surface area contributed by atoms with Crippen LogP contribution >= 0.6 is 12.4 Å². The number of unbranched alkanes of at least 4 members (excludes halogenated alkanes) is 1. The second-order valence-corrected chi connectivity index (χ2v) is 6.84. The predicted molar refractivity (Wildman–Crippen MR) is 92.2 cm³/mol. The van der Waals surface area contributed by atoms with Crippen molar-refractivity contribution in [3.63, 3.8) is 0 Å². The van der Waals surface area contributed by atoms with Crippen molar-refractivity contribution in [2.45, 2.75) is 76.8 Å². The second-order valence-electron chi connectivity index (χ2n) is 6.84. The summed E-state index contributed by atoms with van der Waals surface area (Å²) in [6.45, 7) is 3.74. The van der Waals surface area contributed by atoms with Crippen LogP contribution in [0.15, 0.2) is 0 Å². The average Bonchev–Trinajstić information content (AvgIpc) is 2.54. The summed E-state index contributed by atoms with van der Waals surface area (Å²) >= 11 is 0. The molecular weight excluding hydrogens is 300 g/mol. The maximum Gasteiger partial charge on any atom is 0.237 e. The summed E-state index contributed by atoms with van der Waals surface area (Å²) in [5.41, 5.74) is 6.13. The molecular formula is C17H33ClN2O2. The SMILES string of the molecule is CCCCC1CCC(NC(=O)C(N)C2CCOCC2)CC1.Cl. The number of nitrogens with two attached hydrogens (primary N) is 1. The van der Waals surface area contributed by atoms with Gasteiger partial charge < -0.3 is 15.8 Å². The molecule has 1 aliphatic heterocycles. The molecule has 1 saturated heterocycles. The number of hydrogen-bond acceptors (Lipinski definition) is 3. The third-order valence-corrected chi connectivity index (χ3v) is 5.24. The molecule has 1 heterocycles. The van der Waals surface area contributed by atoms with E-state index in [2.05, 4.69) is 12.2 Å². The van der Waals surface area contributed by atoms with Crippen molar-refractivity contribution >= 4 is 18.3 Å². The molecule has 0 aromatic heterocycles. The average molecular weight is 333 g/mol. The van der Waals surface area contributed by atoms with Crippen LogP contribution in [0, 0.1) is 11.8 Å². The first-order chi connectivity index (χ1) is 10.2. The first-order valence-electron chi connectivity index (χ1n) is 8.84. The van der Waals surface area contributed by atoms with Gasteiger partial charge >= 0.3 is 0 Å². The molecule has 1 saturated carbocycles. The van der Waals surface area contributed by atoms with Crippen LogP contribution in [-0.4, -0.2) is 31.2 Å². The lowest BCUT2D eigenvalue weighted by Crippen LogP contribution is -2.50. The molecule has 0 aromatic rings. The second kappa shape index (κ2) is 10.5. The van der Waals surface area contributed by atoms with Gasteiger partial charge in [0.15, 0.2) is 0 Å². The van der Waals surface area contributed by atoms with Crippen molar-refractivity contribution in [2.75, 3.05) is 13.2 Å². The van der Waals surface area contributed by atoms with Crippen LogP contribution in [0.4, 0.5) is 0 Å². The molecule has 2 fully saturated rings. The standard InChI is InChI=1S/C17H32N2O2.ClH/c1-2-3-4-13-5-7-15(8-6-13)19-17(20)16(18)14-9-11-21-12-10-14;/h13-16H,2-12,18H2,1H3,(H,19,20);1H. The summed E-state index contributed by atoms with van der Waals surface area (Å²) < 4.78 is 5.34. The number of halogens is 1. The van der Waals surface area contributed by atoms with Crippen molar-refractivity contribution in [1.82, 2.24) is 5.32 Å². The van der Waals surface area contributed by atoms with E-state index in [0.717, 1.165) is 44.8 Å². The molecule has 3 N–H and O–H groups in total. The summed E-state index contributed by atoms with van der Waals surface area (Å²) in [6, 6.07) is -0.00650. The Morgan fingerprint density at radius 3 is 2.41 bits per heavy atom. The minimum Gasteiger partial charge on any atom is -0.381 e. The summed E-state index contributed by atoms with van der Waals surface area (Å²) in [5.74, 6) is 1.22. The Balaban J connectivity index is 0.00000242. The zero-order valence-corrected chi connectivity index (χ0v) is 14.7. The van der Waals surface area contributed by atoms with Crippen LogP contribution in [0.2, 0.25) is 0 Å². The van der Waals surface area contributed by atoms with Gasteiger partial charge in [0.25, 0.3) is 0 Å². The van der Waals surface area contributed by atoms with E-state index in [1.165, 1.54) is 32.1 Å². The van der Waals surface area contributed by atoms with Gasteiger partial charge in [-0.15, -0.1) is 12.4 Å². The largest absolute Gasteiger partial charge is 0.381 e. The Bertz CT molecular complexity index is 314. The van der Waals surface area contributed by atoms with Crippen molar-refractivity contribution in [3.05, 3.63) is 0 Å². The Labute approximate surface area is 141 Å². The van der Waals surface area contributed by atoms with Crippen molar-refractivity contribution in [1.29, 1.82) is 0 Å². The maximum atomic E-state index is 12.3. The first-order valence-corrected chi connectivity index (χ1v) is 8.84. The topological polar surface area (TPSA) is 64.4 Å². The Morgan fingerprint density at radius 1 is 1.18 bits per heavy atom. The molecule has 22 heavy (non-hydrogen) atoms. The molecule has 0 aromatic carbocycles. The minimum absolute atomic E-state index is 0. The van der Waals surface area contributed by atoms with Crippen LogP contribution in [0.1, 0.15) is 64.7 Å². The highest BCUT2D eigenvalue weighted by molar-refractivity contribution is 5.85. The molecule has 1 unspecified atom stereocenters. The molecule has 0 radical (unpaired) electrons. The fourth-order valence-corrected chi connectivity index (χ4v) is 3.67. The van der Waals surface area contributed by atoms with Gasteiger partial charge in [-0.25, -0.2) is 0 Å². The fraction of sp³-hybridized carbons (Fsp3) is 0.941. The van der Waals surface area contributed by atoms with E-state index in [1.54, 1.807) is 0 Å². The number of ether oxygens (including phenoxy) is 1. The summed E-state index contributed by atoms with van der Waals surface area (Å²) in [4.78, 5) is 12.3. The monoisotopic (exact) mass is 332 g/mol. The predicted octanol–water partition coefficient (Wildman–Crippen LogP) is 3.03. The third-order valence-electron chi connectivity index (χ3n) is 5.24. The van der Waals surface area contributed by atoms with Gasteiger partial charge in [-0.2, -0.15) is 0 Å². The number of nitrogens with one attached hydrogen (secondary N) is 1. The highest BCUT2D eigenvalue weighted by Gasteiger charge is 2.29. The lowest BCUT2D eigenvalue weighted by atomic mass is 9.83. The zero-order valence-electron chi connectivity index (χ0n) is 13.9. The van der Waals surface area contributed by atoms with Crippen LogP contribution < -0.4 is 11.1 Å². The summed E-state index contributed by atoms with van der Waals surface area (Å²) in [6.07, 6.45) is 10.6. The van der Waals surface area contributed by atoms with E-state index >= 15 is 0 Å². The Kier molecular flexibility index (Phi) is 9.37. The van der Waals surface area contributed by atoms with E-state index in [9.17, 15) is 4.79 Å². The van der Waals surface area contributed by atoms with E-state index in [0.29, 0.717) is 12.0 Å². The van der Waals surface area contributed by atoms with Gasteiger partial charge in [0.05, 0.1) is 6.04 Å². The van der Waals surface area contributed by atoms with Crippen molar-refractivity contribution in [2.24, 2.45) is 17.6 Å². The van der Waals surface area contributed by atoms with E-state index < -0.39 is 0 Å². The van der Waals surface area contributed by atoms with Gasteiger partial charge in [0.2, 0.25) is 5.91 Å². The lowest BCUT2D eigenvalue weighted by Gasteiger charge is -2.32. The van der Waals surface area contributed by atoms with Gasteiger partial charge in [0.1, 0.15) is 0 Å². The fourth-order valence-electron chi connectivity index (χ4n) is 3.67. The van der Waals surface area contributed by atoms with E-state index in [4.69, 9.17) is 10.5 Å². The number of carbonyl (C=O) groups excluding carboxylic acids is 1. The number of carbonyl (C=O) groups is 1. The maximum absolute atomic E-state index is 12.3. The van der Waals surface area contributed by atoms with E-state index in [1.807, 2.05) is 0 Å². The molecule has 1 amide bonds. The van der Waals surface area contributed by atoms with Crippen LogP contribution in [0.3, 0.4) is 0 Å². The van der Waals surface area contributed by atoms with Crippen molar-refractivity contribution in [3.8, 4) is 0 Å². The molecule has 0 bridgehead atoms. The Hall–Kier alpha value is -0.320. The summed E-state index contributed by atoms with van der Waals surface area (Å²) in [7, 11) is 0. The molecule has 130 valence electrons. The van der Waals surface area contributed by atoms with Crippen LogP contribution in [0.25, 0.3) is 0 Å². The molecule has 1 atom stereocenters. The Morgan fingerprint density at radius 2 is 1.82 bits per heavy atom. The first kappa shape index (κ1) is 19.7. The minimum atomic E-state index is -0.355. The van der Waals surface area contributed by atoms with Crippen LogP contribution in [0.5, 0.6) is 0 Å². The van der Waals surface area contributed by atoms with Crippen molar-refractivity contribution < 1.29 is 9.53 Å². The number of amides is 1. The zero-order chi connectivity index (χ0) is 15.1. The molecule has 2 aliphatic rings. The molecule has 1 aliphatic carbocycles. The lowest BCUT2D eigenvalue weighted by molar-refractivity contribution is -0.125. The van der Waals surface area contributed by atoms with Gasteiger partial charge in [-0.05, 0) is 50.4 Å². The smallest absolute Gasteiger partial charge is 0.237 e. The molecule has 5 heteroatoms. The summed E-state index contributed by atoms with van der Waals surface area (Å²) in [5, 5.41) is 3.19. The van der Waals surface area contributed by atoms with E-state index in [-0.39, 0.29) is 24.4 Å². The van der Waals surface area contributed by atoms with Gasteiger partial charge in [-0.1, -0.05) is 26.2 Å². The quantitative estimate of drug-likeness (QED) is 0.785. The van der Waals surface area contributed by atoms with Crippen LogP contribution in [-0.2, 0) is 9.53 Å². The third kappa shape index (κ3) is 6.05. The highest BCUT2D eigenvalue weighted by Crippen LogP contribution is 2.28. The van der Waals surface area contributed by atoms with Gasteiger partial charge in [-0.3, -0.25) is 4.79 Å². The number of rotatable bonds is 6. The number of hydrogen-bond donors (Lipinski definition) is 2. The molecule has 2 rings (SSSR count). The van der Waals surface area contributed by atoms with Gasteiger partial charge in [0, 0.05) is 19.3 Å². The highest BCUT2D eigenvalue weighted by atomic mass is 35.5. The molecule has 0 spiro atoms. The molecule has 4 nitrogen and oxygen atoms in total.